The van der Waals surface area contributed by atoms with E-state index in [0.29, 0.717) is 0 Å². The van der Waals surface area contributed by atoms with Crippen molar-refractivity contribution in [1.29, 1.82) is 0 Å². The minimum absolute atomic E-state index is 0.105. The van der Waals surface area contributed by atoms with E-state index in [0.717, 1.165) is 0 Å². The molecule has 0 fully saturated rings. The van der Waals surface area contributed by atoms with Crippen molar-refractivity contribution in [1.82, 2.24) is 9.97 Å². The molecule has 1 aromatic carbocycles. The Balaban J connectivity index is 2.09. The molecule has 0 saturated carbocycles. The summed E-state index contributed by atoms with van der Waals surface area (Å²) in [6, 6.07) is 5.22. The summed E-state index contributed by atoms with van der Waals surface area (Å²) in [4.78, 5) is 29.5. The van der Waals surface area contributed by atoms with Gasteiger partial charge in [0.25, 0.3) is 5.69 Å². The Labute approximate surface area is 107 Å². The minimum atomic E-state index is -0.630. The van der Waals surface area contributed by atoms with Crippen LogP contribution < -0.4 is 10.6 Å². The lowest BCUT2D eigenvalue weighted by Gasteiger charge is -2.06. The number of nitro benzene ring substituents is 1. The number of anilines is 2. The molecule has 2 N–H and O–H groups in total. The zero-order valence-electron chi connectivity index (χ0n) is 9.61. The summed E-state index contributed by atoms with van der Waals surface area (Å²) in [5.41, 5.74) is -0.0781. The number of nitrogens with zero attached hydrogens (tertiary/aromatic N) is 3. The average molecular weight is 259 g/mol. The molecule has 2 aromatic rings. The number of nitrogens with one attached hydrogen (secondary N) is 2. The maximum atomic E-state index is 11.6. The number of hydrogen-bond acceptors (Lipinski definition) is 5. The van der Waals surface area contributed by atoms with Gasteiger partial charge in [-0.25, -0.2) is 9.78 Å². The molecule has 1 heterocycles. The highest BCUT2D eigenvalue weighted by atomic mass is 16.6. The number of carbonyl (C=O) groups is 1. The van der Waals surface area contributed by atoms with Crippen molar-refractivity contribution >= 4 is 23.2 Å². The standard InChI is InChI=1S/C11H9N5O3/c17-11(15-10-7-12-5-6-13-10)14-8-3-1-2-4-9(8)16(18)19/h1-7H,(H2,13,14,15,17). The zero-order chi connectivity index (χ0) is 13.7. The zero-order valence-corrected chi connectivity index (χ0v) is 9.61. The number of carbonyl (C=O) groups excluding carboxylic acids is 1. The second-order valence-corrected chi connectivity index (χ2v) is 3.44. The van der Waals surface area contributed by atoms with Crippen molar-refractivity contribution in [3.8, 4) is 0 Å². The maximum Gasteiger partial charge on any atom is 0.325 e. The molecular weight excluding hydrogens is 250 g/mol. The summed E-state index contributed by atoms with van der Waals surface area (Å²) in [6.45, 7) is 0. The van der Waals surface area contributed by atoms with Crippen LogP contribution in [0.5, 0.6) is 0 Å². The molecule has 8 heteroatoms. The van der Waals surface area contributed by atoms with Gasteiger partial charge in [0.05, 0.1) is 11.1 Å². The quantitative estimate of drug-likeness (QED) is 0.647. The number of aromatic nitrogens is 2. The van der Waals surface area contributed by atoms with Crippen LogP contribution in [0, 0.1) is 10.1 Å². The van der Waals surface area contributed by atoms with E-state index < -0.39 is 11.0 Å². The molecule has 0 saturated heterocycles. The average Bonchev–Trinajstić information content (AvgIpc) is 2.40. The molecule has 0 unspecified atom stereocenters. The summed E-state index contributed by atoms with van der Waals surface area (Å²) in [5, 5.41) is 15.6. The fourth-order valence-corrected chi connectivity index (χ4v) is 1.37. The Morgan fingerprint density at radius 3 is 2.68 bits per heavy atom. The first-order valence-electron chi connectivity index (χ1n) is 5.24. The summed E-state index contributed by atoms with van der Waals surface area (Å²) < 4.78 is 0. The smallest absolute Gasteiger partial charge is 0.302 e. The minimum Gasteiger partial charge on any atom is -0.302 e. The molecule has 2 amide bonds. The Kier molecular flexibility index (Phi) is 3.62. The first-order chi connectivity index (χ1) is 9.16. The van der Waals surface area contributed by atoms with E-state index in [2.05, 4.69) is 20.6 Å². The number of benzene rings is 1. The van der Waals surface area contributed by atoms with E-state index >= 15 is 0 Å². The van der Waals surface area contributed by atoms with Crippen LogP contribution in [0.3, 0.4) is 0 Å². The number of para-hydroxylation sites is 2. The van der Waals surface area contributed by atoms with E-state index in [1.165, 1.54) is 36.8 Å². The fourth-order valence-electron chi connectivity index (χ4n) is 1.37. The topological polar surface area (TPSA) is 110 Å². The summed E-state index contributed by atoms with van der Waals surface area (Å²) >= 11 is 0. The maximum absolute atomic E-state index is 11.6. The Morgan fingerprint density at radius 2 is 2.00 bits per heavy atom. The van der Waals surface area contributed by atoms with Gasteiger partial charge in [-0.05, 0) is 6.07 Å². The van der Waals surface area contributed by atoms with E-state index in [4.69, 9.17) is 0 Å². The van der Waals surface area contributed by atoms with Gasteiger partial charge < -0.3 is 5.32 Å². The second kappa shape index (κ2) is 5.54. The van der Waals surface area contributed by atoms with E-state index in [9.17, 15) is 14.9 Å². The van der Waals surface area contributed by atoms with E-state index in [-0.39, 0.29) is 17.2 Å². The van der Waals surface area contributed by atoms with E-state index in [1.54, 1.807) is 6.07 Å². The molecule has 0 aliphatic rings. The van der Waals surface area contributed by atoms with Crippen LogP contribution in [0.25, 0.3) is 0 Å². The van der Waals surface area contributed by atoms with Gasteiger partial charge in [-0.15, -0.1) is 0 Å². The van der Waals surface area contributed by atoms with Crippen molar-refractivity contribution in [2.24, 2.45) is 0 Å². The first-order valence-corrected chi connectivity index (χ1v) is 5.24. The third-order valence-corrected chi connectivity index (χ3v) is 2.15. The van der Waals surface area contributed by atoms with Crippen LogP contribution in [-0.2, 0) is 0 Å². The van der Waals surface area contributed by atoms with Gasteiger partial charge >= 0.3 is 6.03 Å². The molecular formula is C11H9N5O3. The van der Waals surface area contributed by atoms with Crippen molar-refractivity contribution in [3.63, 3.8) is 0 Å². The number of urea groups is 1. The third kappa shape index (κ3) is 3.22. The van der Waals surface area contributed by atoms with Gasteiger partial charge in [0.2, 0.25) is 0 Å². The monoisotopic (exact) mass is 259 g/mol. The van der Waals surface area contributed by atoms with Gasteiger partial charge in [0.15, 0.2) is 5.82 Å². The number of amides is 2. The number of hydrogen-bond donors (Lipinski definition) is 2. The predicted octanol–water partition coefficient (Wildman–Crippen LogP) is 2.03. The van der Waals surface area contributed by atoms with Crippen molar-refractivity contribution in [3.05, 3.63) is 53.0 Å². The SMILES string of the molecule is O=C(Nc1cnccn1)Nc1ccccc1[N+](=O)[O-]. The number of rotatable bonds is 3. The molecule has 0 spiro atoms. The molecule has 0 aliphatic carbocycles. The molecule has 19 heavy (non-hydrogen) atoms. The lowest BCUT2D eigenvalue weighted by molar-refractivity contribution is -0.383. The van der Waals surface area contributed by atoms with Crippen LogP contribution in [0.15, 0.2) is 42.9 Å². The molecule has 0 bridgehead atoms. The molecule has 1 aromatic heterocycles. The molecule has 0 aliphatic heterocycles. The van der Waals surface area contributed by atoms with Crippen LogP contribution in [0.1, 0.15) is 0 Å². The molecule has 96 valence electrons. The Bertz CT molecular complexity index is 602. The highest BCUT2D eigenvalue weighted by Gasteiger charge is 2.14. The van der Waals surface area contributed by atoms with E-state index in [1.807, 2.05) is 0 Å². The van der Waals surface area contributed by atoms with Crippen molar-refractivity contribution in [2.75, 3.05) is 10.6 Å². The summed E-state index contributed by atoms with van der Waals surface area (Å²) in [7, 11) is 0. The second-order valence-electron chi connectivity index (χ2n) is 3.44. The summed E-state index contributed by atoms with van der Waals surface area (Å²) in [5.74, 6) is 0.249. The van der Waals surface area contributed by atoms with Gasteiger partial charge in [0, 0.05) is 18.5 Å². The lowest BCUT2D eigenvalue weighted by atomic mass is 10.3. The predicted molar refractivity (Wildman–Crippen MR) is 67.8 cm³/mol. The van der Waals surface area contributed by atoms with Crippen molar-refractivity contribution in [2.45, 2.75) is 0 Å². The third-order valence-electron chi connectivity index (χ3n) is 2.15. The Morgan fingerprint density at radius 1 is 1.21 bits per heavy atom. The van der Waals surface area contributed by atoms with Gasteiger partial charge in [-0.3, -0.25) is 20.4 Å². The first kappa shape index (κ1) is 12.4. The van der Waals surface area contributed by atoms with Crippen molar-refractivity contribution < 1.29 is 9.72 Å². The fraction of sp³-hybridized carbons (Fsp3) is 0. The molecule has 2 rings (SSSR count). The van der Waals surface area contributed by atoms with Gasteiger partial charge in [-0.2, -0.15) is 0 Å². The van der Waals surface area contributed by atoms with Crippen LogP contribution in [-0.4, -0.2) is 20.9 Å². The molecule has 0 atom stereocenters. The Hall–Kier alpha value is -3.03. The normalized spacial score (nSPS) is 9.68. The van der Waals surface area contributed by atoms with Crippen LogP contribution in [0.4, 0.5) is 22.0 Å². The number of nitro groups is 1. The molecule has 0 radical (unpaired) electrons. The van der Waals surface area contributed by atoms with Crippen LogP contribution in [0.2, 0.25) is 0 Å². The highest BCUT2D eigenvalue weighted by Crippen LogP contribution is 2.23. The highest BCUT2D eigenvalue weighted by molar-refractivity contribution is 6.00. The lowest BCUT2D eigenvalue weighted by Crippen LogP contribution is -2.20. The largest absolute Gasteiger partial charge is 0.325 e. The molecule has 8 nitrogen and oxygen atoms in total. The van der Waals surface area contributed by atoms with Gasteiger partial charge in [0.1, 0.15) is 5.69 Å². The summed E-state index contributed by atoms with van der Waals surface area (Å²) in [6.07, 6.45) is 4.24. The van der Waals surface area contributed by atoms with Crippen LogP contribution >= 0.6 is 0 Å². The van der Waals surface area contributed by atoms with Gasteiger partial charge in [-0.1, -0.05) is 12.1 Å².